The highest BCUT2D eigenvalue weighted by molar-refractivity contribution is 5.95. The van der Waals surface area contributed by atoms with E-state index in [2.05, 4.69) is 0 Å². The molecule has 0 bridgehead atoms. The third-order valence-electron chi connectivity index (χ3n) is 2.75. The average molecular weight is 192 g/mol. The summed E-state index contributed by atoms with van der Waals surface area (Å²) in [5.41, 5.74) is 11.4. The molecule has 6 N–H and O–H groups in total. The zero-order valence-electron chi connectivity index (χ0n) is 8.46. The van der Waals surface area contributed by atoms with E-state index in [0.717, 1.165) is 5.57 Å². The van der Waals surface area contributed by atoms with E-state index in [0.29, 0.717) is 0 Å². The van der Waals surface area contributed by atoms with Crippen LogP contribution in [0.1, 0.15) is 13.8 Å². The summed E-state index contributed by atoms with van der Waals surface area (Å²) in [4.78, 5) is 0. The maximum Gasteiger partial charge on any atom is 0.102 e. The summed E-state index contributed by atoms with van der Waals surface area (Å²) >= 11 is 0. The highest BCUT2D eigenvalue weighted by Crippen LogP contribution is 2.37. The van der Waals surface area contributed by atoms with Gasteiger partial charge in [0.1, 0.15) is 5.84 Å². The van der Waals surface area contributed by atoms with E-state index in [9.17, 15) is 0 Å². The van der Waals surface area contributed by atoms with Gasteiger partial charge in [0.15, 0.2) is 0 Å². The standard InChI is InChI=1S/C10H16N4/c1-6-4-3-5-10(2,9(13)14)7(6)8(11)12/h3-5,7H,1-2H3,(H3,11,12)(H3,13,14). The van der Waals surface area contributed by atoms with Crippen LogP contribution in [0.4, 0.5) is 0 Å². The molecule has 0 aromatic carbocycles. The molecular formula is C10H16N4. The highest BCUT2D eigenvalue weighted by Gasteiger charge is 2.39. The minimum atomic E-state index is -0.648. The fraction of sp³-hybridized carbons (Fsp3) is 0.400. The van der Waals surface area contributed by atoms with Crippen molar-refractivity contribution in [2.75, 3.05) is 0 Å². The molecule has 0 saturated heterocycles. The van der Waals surface area contributed by atoms with Gasteiger partial charge in [0, 0.05) is 0 Å². The van der Waals surface area contributed by atoms with Gasteiger partial charge >= 0.3 is 0 Å². The lowest BCUT2D eigenvalue weighted by molar-refractivity contribution is 0.486. The van der Waals surface area contributed by atoms with Crippen molar-refractivity contribution >= 4 is 11.7 Å². The Labute approximate surface area is 83.7 Å². The van der Waals surface area contributed by atoms with E-state index in [1.807, 2.05) is 32.1 Å². The molecule has 76 valence electrons. The van der Waals surface area contributed by atoms with Crippen LogP contribution in [0.5, 0.6) is 0 Å². The first-order chi connectivity index (χ1) is 6.39. The quantitative estimate of drug-likeness (QED) is 0.387. The fourth-order valence-electron chi connectivity index (χ4n) is 1.88. The van der Waals surface area contributed by atoms with Gasteiger partial charge in [-0.2, -0.15) is 0 Å². The van der Waals surface area contributed by atoms with Crippen LogP contribution in [0, 0.1) is 22.2 Å². The van der Waals surface area contributed by atoms with E-state index >= 15 is 0 Å². The molecule has 2 atom stereocenters. The minimum Gasteiger partial charge on any atom is -0.387 e. The Hall–Kier alpha value is -1.58. The molecule has 1 aliphatic rings. The maximum absolute atomic E-state index is 7.55. The molecule has 0 fully saturated rings. The molecule has 0 amide bonds. The lowest BCUT2D eigenvalue weighted by Gasteiger charge is -2.36. The SMILES string of the molecule is CC1=CC=CC(C)(C(=N)N)C1C(=N)N. The first kappa shape index (κ1) is 10.5. The van der Waals surface area contributed by atoms with Crippen molar-refractivity contribution in [3.63, 3.8) is 0 Å². The number of hydrogen-bond acceptors (Lipinski definition) is 2. The summed E-state index contributed by atoms with van der Waals surface area (Å²) in [5, 5.41) is 15.1. The van der Waals surface area contributed by atoms with Gasteiger partial charge in [-0.05, 0) is 13.8 Å². The van der Waals surface area contributed by atoms with Crippen molar-refractivity contribution in [1.29, 1.82) is 10.8 Å². The minimum absolute atomic E-state index is 0.0430. The summed E-state index contributed by atoms with van der Waals surface area (Å²) in [5.74, 6) is -0.188. The molecule has 4 nitrogen and oxygen atoms in total. The average Bonchev–Trinajstić information content (AvgIpc) is 2.02. The summed E-state index contributed by atoms with van der Waals surface area (Å²) < 4.78 is 0. The number of rotatable bonds is 2. The molecule has 2 unspecified atom stereocenters. The third-order valence-corrected chi connectivity index (χ3v) is 2.75. The van der Waals surface area contributed by atoms with Crippen molar-refractivity contribution < 1.29 is 0 Å². The maximum atomic E-state index is 7.55. The molecule has 0 spiro atoms. The van der Waals surface area contributed by atoms with Crippen LogP contribution in [0.3, 0.4) is 0 Å². The Morgan fingerprint density at radius 3 is 2.36 bits per heavy atom. The molecular weight excluding hydrogens is 176 g/mol. The highest BCUT2D eigenvalue weighted by atomic mass is 14.8. The van der Waals surface area contributed by atoms with Gasteiger partial charge in [0.05, 0.1) is 17.2 Å². The van der Waals surface area contributed by atoms with Gasteiger partial charge in [-0.3, -0.25) is 10.8 Å². The van der Waals surface area contributed by atoms with Crippen molar-refractivity contribution in [2.24, 2.45) is 22.8 Å². The molecule has 0 aromatic rings. The second-order valence-electron chi connectivity index (χ2n) is 3.85. The van der Waals surface area contributed by atoms with Gasteiger partial charge in [-0.1, -0.05) is 23.8 Å². The van der Waals surface area contributed by atoms with E-state index in [1.165, 1.54) is 0 Å². The topological polar surface area (TPSA) is 99.7 Å². The lowest BCUT2D eigenvalue weighted by atomic mass is 9.69. The molecule has 4 heteroatoms. The van der Waals surface area contributed by atoms with E-state index in [1.54, 1.807) is 0 Å². The number of allylic oxidation sites excluding steroid dienone is 2. The first-order valence-corrected chi connectivity index (χ1v) is 4.44. The second kappa shape index (κ2) is 3.29. The van der Waals surface area contributed by atoms with Gasteiger partial charge in [0.25, 0.3) is 0 Å². The number of nitrogens with two attached hydrogens (primary N) is 2. The van der Waals surface area contributed by atoms with Crippen LogP contribution >= 0.6 is 0 Å². The molecule has 0 radical (unpaired) electrons. The van der Waals surface area contributed by atoms with E-state index < -0.39 is 5.41 Å². The Morgan fingerprint density at radius 2 is 2.00 bits per heavy atom. The van der Waals surface area contributed by atoms with Crippen LogP contribution in [0.25, 0.3) is 0 Å². The van der Waals surface area contributed by atoms with Crippen molar-refractivity contribution in [3.05, 3.63) is 23.8 Å². The van der Waals surface area contributed by atoms with Gasteiger partial charge in [-0.25, -0.2) is 0 Å². The van der Waals surface area contributed by atoms with E-state index in [-0.39, 0.29) is 17.6 Å². The second-order valence-corrected chi connectivity index (χ2v) is 3.85. The van der Waals surface area contributed by atoms with Crippen LogP contribution in [0.2, 0.25) is 0 Å². The summed E-state index contributed by atoms with van der Waals surface area (Å²) in [7, 11) is 0. The Balaban J connectivity index is 3.20. The van der Waals surface area contributed by atoms with Gasteiger partial charge < -0.3 is 11.5 Å². The van der Waals surface area contributed by atoms with Crippen molar-refractivity contribution in [1.82, 2.24) is 0 Å². The Kier molecular flexibility index (Phi) is 2.47. The van der Waals surface area contributed by atoms with Gasteiger partial charge in [-0.15, -0.1) is 0 Å². The number of nitrogens with one attached hydrogen (secondary N) is 2. The van der Waals surface area contributed by atoms with Crippen molar-refractivity contribution in [3.8, 4) is 0 Å². The summed E-state index contributed by atoms with van der Waals surface area (Å²) in [6.07, 6.45) is 5.58. The molecule has 14 heavy (non-hydrogen) atoms. The lowest BCUT2D eigenvalue weighted by Crippen LogP contribution is -2.46. The van der Waals surface area contributed by atoms with Crippen LogP contribution in [-0.4, -0.2) is 11.7 Å². The molecule has 1 rings (SSSR count). The van der Waals surface area contributed by atoms with Crippen molar-refractivity contribution in [2.45, 2.75) is 13.8 Å². The smallest absolute Gasteiger partial charge is 0.102 e. The Bertz CT molecular complexity index is 340. The largest absolute Gasteiger partial charge is 0.387 e. The summed E-state index contributed by atoms with van der Waals surface area (Å²) in [6.45, 7) is 3.73. The summed E-state index contributed by atoms with van der Waals surface area (Å²) in [6, 6.07) is 0. The Morgan fingerprint density at radius 1 is 1.43 bits per heavy atom. The molecule has 0 heterocycles. The molecule has 0 saturated carbocycles. The first-order valence-electron chi connectivity index (χ1n) is 4.44. The van der Waals surface area contributed by atoms with E-state index in [4.69, 9.17) is 22.3 Å². The normalized spacial score (nSPS) is 31.0. The van der Waals surface area contributed by atoms with Crippen LogP contribution < -0.4 is 11.5 Å². The van der Waals surface area contributed by atoms with Crippen LogP contribution in [-0.2, 0) is 0 Å². The predicted molar refractivity (Wildman–Crippen MR) is 58.3 cm³/mol. The number of hydrogen-bond donors (Lipinski definition) is 4. The molecule has 1 aliphatic carbocycles. The zero-order chi connectivity index (χ0) is 10.9. The molecule has 0 aromatic heterocycles. The monoisotopic (exact) mass is 192 g/mol. The number of amidine groups is 2. The zero-order valence-corrected chi connectivity index (χ0v) is 8.46. The molecule has 0 aliphatic heterocycles. The predicted octanol–water partition coefficient (Wildman–Crippen LogP) is 0.997. The van der Waals surface area contributed by atoms with Gasteiger partial charge in [0.2, 0.25) is 0 Å². The third kappa shape index (κ3) is 1.43. The van der Waals surface area contributed by atoms with Crippen LogP contribution in [0.15, 0.2) is 23.8 Å². The fourth-order valence-corrected chi connectivity index (χ4v) is 1.88.